The molecule has 0 N–H and O–H groups in total. The van der Waals surface area contributed by atoms with Gasteiger partial charge in [-0.05, 0) is 60.7 Å². The molecule has 4 nitrogen and oxygen atoms in total. The minimum atomic E-state index is -0.818. The Morgan fingerprint density at radius 2 is 0.965 bits per heavy atom. The van der Waals surface area contributed by atoms with Crippen molar-refractivity contribution in [2.45, 2.75) is 122 Å². The molecular formula is C48H66F4N2O2Ti. The molecule has 0 aliphatic heterocycles. The Hall–Kier alpha value is -3.23. The van der Waals surface area contributed by atoms with Crippen molar-refractivity contribution in [1.29, 1.82) is 0 Å². The number of halogens is 4. The topological polar surface area (TPSA) is 40.6 Å². The molecule has 2 aromatic carbocycles. The van der Waals surface area contributed by atoms with Gasteiger partial charge in [0.15, 0.2) is 0 Å². The summed E-state index contributed by atoms with van der Waals surface area (Å²) in [4.78, 5) is 28.7. The van der Waals surface area contributed by atoms with Crippen LogP contribution in [-0.4, -0.2) is 24.9 Å². The van der Waals surface area contributed by atoms with Crippen molar-refractivity contribution in [2.75, 3.05) is 22.9 Å². The van der Waals surface area contributed by atoms with E-state index in [9.17, 15) is 27.2 Å². The minimum Gasteiger partial charge on any atom is -0.363 e. The molecule has 0 saturated heterocycles. The van der Waals surface area contributed by atoms with Crippen LogP contribution in [0.5, 0.6) is 0 Å². The zero-order chi connectivity index (χ0) is 42.6. The molecule has 2 aliphatic rings. The third kappa shape index (κ3) is 19.9. The fourth-order valence-corrected chi connectivity index (χ4v) is 5.97. The molecule has 0 fully saturated rings. The van der Waals surface area contributed by atoms with Crippen molar-refractivity contribution in [3.8, 4) is 0 Å². The molecule has 0 bridgehead atoms. The quantitative estimate of drug-likeness (QED) is 0.108. The Kier molecular flexibility index (Phi) is 25.2. The van der Waals surface area contributed by atoms with E-state index < -0.39 is 34.1 Å². The second kappa shape index (κ2) is 26.7. The van der Waals surface area contributed by atoms with Crippen LogP contribution in [0.15, 0.2) is 60.7 Å². The molecular weight excluding hydrogens is 760 g/mol. The van der Waals surface area contributed by atoms with Crippen LogP contribution in [0.3, 0.4) is 0 Å². The summed E-state index contributed by atoms with van der Waals surface area (Å²) in [6.07, 6.45) is 23.2. The van der Waals surface area contributed by atoms with Gasteiger partial charge in [-0.25, -0.2) is 41.9 Å². The predicted octanol–water partition coefficient (Wildman–Crippen LogP) is 13.0. The molecule has 9 heteroatoms. The molecule has 2 atom stereocenters. The zero-order valence-electron chi connectivity index (χ0n) is 36.5. The smallest absolute Gasteiger partial charge is 0.363 e. The van der Waals surface area contributed by atoms with E-state index >= 15 is 0 Å². The van der Waals surface area contributed by atoms with Crippen LogP contribution in [0, 0.1) is 82.1 Å². The second-order valence-corrected chi connectivity index (χ2v) is 16.8. The molecule has 2 unspecified atom stereocenters. The molecule has 0 spiro atoms. The van der Waals surface area contributed by atoms with Crippen molar-refractivity contribution in [1.82, 2.24) is 0 Å². The Morgan fingerprint density at radius 3 is 1.18 bits per heavy atom. The predicted molar refractivity (Wildman–Crippen MR) is 224 cm³/mol. The van der Waals surface area contributed by atoms with Gasteiger partial charge < -0.3 is 9.80 Å². The van der Waals surface area contributed by atoms with Crippen molar-refractivity contribution in [2.24, 2.45) is 34.5 Å². The maximum atomic E-state index is 14.2. The first-order chi connectivity index (χ1) is 26.2. The van der Waals surface area contributed by atoms with Crippen molar-refractivity contribution in [3.63, 3.8) is 0 Å². The molecule has 0 aromatic heterocycles. The Bertz CT molecular complexity index is 1490. The van der Waals surface area contributed by atoms with Gasteiger partial charge in [-0.15, -0.1) is 49.2 Å². The van der Waals surface area contributed by atoms with Crippen LogP contribution >= 0.6 is 0 Å². The molecule has 2 aliphatic carbocycles. The number of hydrogen-bond acceptors (Lipinski definition) is 2. The SMILES string of the molecule is CCC(C)(C)C(=O)N(CC(C)CC(C)C)c1ccc(F)[c-]c1F.CCC(C)(C)C(=O)N(CC(C)CC(C)C)c1ccc(F)[c-]c1F.[C-]1=CC=CC1.[C-]1=CC=CC1.[Ti+4]. The molecule has 4 rings (SSSR count). The Labute approximate surface area is 357 Å². The maximum Gasteiger partial charge on any atom is 4.00 e. The van der Waals surface area contributed by atoms with Gasteiger partial charge in [0.25, 0.3) is 0 Å². The van der Waals surface area contributed by atoms with Gasteiger partial charge in [0.2, 0.25) is 11.8 Å². The van der Waals surface area contributed by atoms with Crippen LogP contribution in [0.1, 0.15) is 122 Å². The number of rotatable bonds is 14. The van der Waals surface area contributed by atoms with Gasteiger partial charge >= 0.3 is 21.7 Å². The number of hydrogen-bond donors (Lipinski definition) is 0. The van der Waals surface area contributed by atoms with Gasteiger partial charge in [0.05, 0.1) is 0 Å². The van der Waals surface area contributed by atoms with E-state index in [1.165, 1.54) is 21.9 Å². The normalized spacial score (nSPS) is 13.8. The van der Waals surface area contributed by atoms with Gasteiger partial charge in [-0.1, -0.05) is 83.1 Å². The molecule has 57 heavy (non-hydrogen) atoms. The molecule has 2 aromatic rings. The Balaban J connectivity index is 0.000000865. The molecule has 0 radical (unpaired) electrons. The number of anilines is 2. The summed E-state index contributed by atoms with van der Waals surface area (Å²) in [6.45, 7) is 24.6. The third-order valence-electron chi connectivity index (χ3n) is 9.59. The zero-order valence-corrected chi connectivity index (χ0v) is 38.0. The first-order valence-corrected chi connectivity index (χ1v) is 20.0. The van der Waals surface area contributed by atoms with E-state index in [-0.39, 0.29) is 56.7 Å². The van der Waals surface area contributed by atoms with E-state index in [4.69, 9.17) is 0 Å². The molecule has 2 amide bonds. The number of carbonyl (C=O) groups is 2. The van der Waals surface area contributed by atoms with Crippen LogP contribution in [0.2, 0.25) is 0 Å². The van der Waals surface area contributed by atoms with Gasteiger partial charge in [0.1, 0.15) is 0 Å². The van der Waals surface area contributed by atoms with E-state index in [1.54, 1.807) is 0 Å². The van der Waals surface area contributed by atoms with Crippen molar-refractivity contribution in [3.05, 3.63) is 108 Å². The molecule has 0 heterocycles. The third-order valence-corrected chi connectivity index (χ3v) is 9.59. The minimum absolute atomic E-state index is 0. The van der Waals surface area contributed by atoms with E-state index in [2.05, 4.69) is 52.0 Å². The van der Waals surface area contributed by atoms with Crippen LogP contribution < -0.4 is 9.80 Å². The van der Waals surface area contributed by atoms with E-state index in [0.29, 0.717) is 37.8 Å². The van der Waals surface area contributed by atoms with Crippen LogP contribution in [0.25, 0.3) is 0 Å². The van der Waals surface area contributed by atoms with Crippen LogP contribution in [0.4, 0.5) is 28.9 Å². The number of nitrogens with zero attached hydrogens (tertiary/aromatic N) is 2. The molecule has 0 saturated carbocycles. The monoisotopic (exact) mass is 826 g/mol. The first kappa shape index (κ1) is 53.8. The second-order valence-electron chi connectivity index (χ2n) is 16.8. The number of benzene rings is 2. The summed E-state index contributed by atoms with van der Waals surface area (Å²) < 4.78 is 54.6. The fourth-order valence-electron chi connectivity index (χ4n) is 5.97. The number of amides is 2. The summed E-state index contributed by atoms with van der Waals surface area (Å²) in [5.41, 5.74) is -0.987. The average Bonchev–Trinajstić information content (AvgIpc) is 3.90. The summed E-state index contributed by atoms with van der Waals surface area (Å²) in [6, 6.07) is 9.00. The number of allylic oxidation sites excluding steroid dienone is 8. The summed E-state index contributed by atoms with van der Waals surface area (Å²) in [5.74, 6) is -2.02. The first-order valence-electron chi connectivity index (χ1n) is 20.0. The fraction of sp³-hybridized carbons (Fsp3) is 0.542. The van der Waals surface area contributed by atoms with Crippen LogP contribution in [-0.2, 0) is 31.3 Å². The maximum absolute atomic E-state index is 14.2. The number of carbonyl (C=O) groups excluding carboxylic acids is 2. The largest absolute Gasteiger partial charge is 4.00 e. The molecule has 312 valence electrons. The standard InChI is InChI=1S/2C19H28F2NO.2C5H5.Ti/c2*1-7-19(5,6)18(23)22(12-14(4)10-13(2)3)17-9-8-15(20)11-16(17)21;2*1-2-4-5-3-1;/h2*8-9,13-14H,7,10,12H2,1-6H3;2*1-3H,4H2;/q4*-1;+4. The van der Waals surface area contributed by atoms with Gasteiger partial charge in [-0.3, -0.25) is 21.7 Å². The summed E-state index contributed by atoms with van der Waals surface area (Å²) in [7, 11) is 0. The van der Waals surface area contributed by atoms with E-state index in [1.807, 2.05) is 91.8 Å². The van der Waals surface area contributed by atoms with Crippen molar-refractivity contribution < 1.29 is 48.9 Å². The average molecular weight is 827 g/mol. The van der Waals surface area contributed by atoms with Crippen molar-refractivity contribution >= 4 is 23.2 Å². The van der Waals surface area contributed by atoms with Gasteiger partial charge in [-0.2, -0.15) is 12.2 Å². The Morgan fingerprint density at radius 1 is 0.632 bits per heavy atom. The van der Waals surface area contributed by atoms with Gasteiger partial charge in [0, 0.05) is 47.2 Å². The van der Waals surface area contributed by atoms with E-state index in [0.717, 1.165) is 37.8 Å². The summed E-state index contributed by atoms with van der Waals surface area (Å²) in [5, 5.41) is 0. The summed E-state index contributed by atoms with van der Waals surface area (Å²) >= 11 is 0.